The Hall–Kier alpha value is -3.66. The number of aryl methyl sites for hydroxylation is 1. The molecule has 0 radical (unpaired) electrons. The van der Waals surface area contributed by atoms with Crippen molar-refractivity contribution in [3.63, 3.8) is 0 Å². The molecule has 0 aliphatic carbocycles. The van der Waals surface area contributed by atoms with E-state index in [4.69, 9.17) is 4.74 Å². The fourth-order valence-corrected chi connectivity index (χ4v) is 4.10. The molecule has 0 spiro atoms. The molecular weight excluding hydrogens is 433 g/mol. The minimum Gasteiger partial charge on any atom is -0.495 e. The molecule has 1 aliphatic rings. The highest BCUT2D eigenvalue weighted by atomic mass is 19.4. The fraction of sp³-hybridized carbons (Fsp3) is 0.261. The van der Waals surface area contributed by atoms with Crippen molar-refractivity contribution in [1.82, 2.24) is 29.6 Å². The van der Waals surface area contributed by atoms with Crippen LogP contribution in [0.25, 0.3) is 17.1 Å². The van der Waals surface area contributed by atoms with Crippen LogP contribution in [0.15, 0.2) is 55.0 Å². The third-order valence-corrected chi connectivity index (χ3v) is 5.64. The largest absolute Gasteiger partial charge is 0.495 e. The minimum absolute atomic E-state index is 0.133. The first kappa shape index (κ1) is 21.2. The molecule has 4 aromatic rings. The number of fused-ring (bicyclic) bond motifs is 1. The lowest BCUT2D eigenvalue weighted by molar-refractivity contribution is -0.138. The second-order valence-electron chi connectivity index (χ2n) is 7.80. The van der Waals surface area contributed by atoms with Crippen molar-refractivity contribution in [3.8, 4) is 22.8 Å². The molecule has 1 unspecified atom stereocenters. The Morgan fingerprint density at radius 2 is 1.97 bits per heavy atom. The Bertz CT molecular complexity index is 1310. The number of alkyl halides is 3. The summed E-state index contributed by atoms with van der Waals surface area (Å²) in [6, 6.07) is 10.4. The van der Waals surface area contributed by atoms with Crippen molar-refractivity contribution < 1.29 is 17.9 Å². The van der Waals surface area contributed by atoms with E-state index in [0.29, 0.717) is 36.1 Å². The lowest BCUT2D eigenvalue weighted by Crippen LogP contribution is -2.35. The monoisotopic (exact) mass is 454 g/mol. The zero-order chi connectivity index (χ0) is 23.2. The predicted octanol–water partition coefficient (Wildman–Crippen LogP) is 4.16. The second-order valence-corrected chi connectivity index (χ2v) is 7.80. The number of aromatic nitrogens is 5. The van der Waals surface area contributed by atoms with E-state index in [0.717, 1.165) is 17.4 Å². The number of nitrogens with one attached hydrogen (secondary N) is 1. The van der Waals surface area contributed by atoms with Crippen molar-refractivity contribution >= 4 is 0 Å². The van der Waals surface area contributed by atoms with Crippen LogP contribution >= 0.6 is 0 Å². The van der Waals surface area contributed by atoms with Gasteiger partial charge < -0.3 is 14.6 Å². The number of hydrogen-bond donors (Lipinski definition) is 1. The van der Waals surface area contributed by atoms with Crippen molar-refractivity contribution in [2.45, 2.75) is 25.7 Å². The van der Waals surface area contributed by atoms with Gasteiger partial charge in [-0.25, -0.2) is 14.6 Å². The summed E-state index contributed by atoms with van der Waals surface area (Å²) >= 11 is 0. The number of rotatable bonds is 4. The number of imidazole rings is 1. The maximum Gasteiger partial charge on any atom is 0.416 e. The standard InChI is InChI=1S/C23H21F3N6O/c1-14-12-31(13-28-14)18-8-7-15(11-19(18)33-2)21-29-22-20(27-9-10-32(22)30-21)16-5-3-4-6-17(16)23(24,25)26/h3-8,11-13,20,27H,9-10H2,1-2H3. The molecule has 1 atom stereocenters. The quantitative estimate of drug-likeness (QED) is 0.502. The molecule has 33 heavy (non-hydrogen) atoms. The molecule has 0 saturated heterocycles. The summed E-state index contributed by atoms with van der Waals surface area (Å²) in [6.07, 6.45) is -0.869. The zero-order valence-corrected chi connectivity index (χ0v) is 18.0. The van der Waals surface area contributed by atoms with Crippen LogP contribution in [0.3, 0.4) is 0 Å². The van der Waals surface area contributed by atoms with Crippen LogP contribution in [0, 0.1) is 6.92 Å². The first-order chi connectivity index (χ1) is 15.8. The Morgan fingerprint density at radius 3 is 2.70 bits per heavy atom. The van der Waals surface area contributed by atoms with E-state index in [1.54, 1.807) is 24.2 Å². The number of hydrogen-bond acceptors (Lipinski definition) is 5. The Kier molecular flexibility index (Phi) is 5.16. The zero-order valence-electron chi connectivity index (χ0n) is 18.0. The van der Waals surface area contributed by atoms with Gasteiger partial charge in [-0.05, 0) is 36.8 Å². The number of benzene rings is 2. The average molecular weight is 454 g/mol. The van der Waals surface area contributed by atoms with Crippen molar-refractivity contribution in [2.75, 3.05) is 13.7 Å². The molecule has 3 heterocycles. The Morgan fingerprint density at radius 1 is 1.15 bits per heavy atom. The van der Waals surface area contributed by atoms with E-state index >= 15 is 0 Å². The average Bonchev–Trinajstić information content (AvgIpc) is 3.44. The molecule has 0 saturated carbocycles. The summed E-state index contributed by atoms with van der Waals surface area (Å²) < 4.78 is 50.0. The Balaban J connectivity index is 1.55. The van der Waals surface area contributed by atoms with Gasteiger partial charge in [0.25, 0.3) is 0 Å². The molecule has 2 aromatic heterocycles. The van der Waals surface area contributed by atoms with Crippen LogP contribution in [0.2, 0.25) is 0 Å². The number of nitrogens with zero attached hydrogens (tertiary/aromatic N) is 5. The predicted molar refractivity (Wildman–Crippen MR) is 115 cm³/mol. The summed E-state index contributed by atoms with van der Waals surface area (Å²) in [5, 5.41) is 7.75. The van der Waals surface area contributed by atoms with Crippen LogP contribution in [0.1, 0.15) is 28.7 Å². The normalized spacial score (nSPS) is 16.0. The maximum atomic E-state index is 13.6. The van der Waals surface area contributed by atoms with Gasteiger partial charge in [0, 0.05) is 18.3 Å². The molecule has 0 fully saturated rings. The minimum atomic E-state index is -4.46. The van der Waals surface area contributed by atoms with Gasteiger partial charge >= 0.3 is 6.18 Å². The van der Waals surface area contributed by atoms with Gasteiger partial charge in [0.2, 0.25) is 0 Å². The van der Waals surface area contributed by atoms with Crippen molar-refractivity contribution in [3.05, 3.63) is 77.6 Å². The van der Waals surface area contributed by atoms with E-state index in [1.807, 2.05) is 35.9 Å². The topological polar surface area (TPSA) is 69.8 Å². The molecule has 1 aliphatic heterocycles. The SMILES string of the molecule is COc1cc(-c2nc3n(n2)CCNC3c2ccccc2C(F)(F)F)ccc1-n1cnc(C)c1. The fourth-order valence-electron chi connectivity index (χ4n) is 4.10. The molecule has 5 rings (SSSR count). The van der Waals surface area contributed by atoms with Gasteiger partial charge in [0.15, 0.2) is 5.82 Å². The summed E-state index contributed by atoms with van der Waals surface area (Å²) in [6.45, 7) is 2.89. The van der Waals surface area contributed by atoms with Crippen LogP contribution in [-0.4, -0.2) is 38.0 Å². The van der Waals surface area contributed by atoms with Crippen LogP contribution in [0.5, 0.6) is 5.75 Å². The lowest BCUT2D eigenvalue weighted by atomic mass is 9.98. The molecule has 1 N–H and O–H groups in total. The molecule has 170 valence electrons. The van der Waals surface area contributed by atoms with Crippen molar-refractivity contribution in [2.24, 2.45) is 0 Å². The van der Waals surface area contributed by atoms with Gasteiger partial charge in [0.05, 0.1) is 43.0 Å². The second kappa shape index (κ2) is 8.04. The van der Waals surface area contributed by atoms with Crippen molar-refractivity contribution in [1.29, 1.82) is 0 Å². The molecule has 7 nitrogen and oxygen atoms in total. The first-order valence-corrected chi connectivity index (χ1v) is 10.4. The molecular formula is C23H21F3N6O. The van der Waals surface area contributed by atoms with Gasteiger partial charge in [-0.15, -0.1) is 0 Å². The molecule has 2 aromatic carbocycles. The highest BCUT2D eigenvalue weighted by Crippen LogP contribution is 2.37. The third kappa shape index (κ3) is 3.86. The highest BCUT2D eigenvalue weighted by molar-refractivity contribution is 5.63. The third-order valence-electron chi connectivity index (χ3n) is 5.64. The van der Waals surface area contributed by atoms with Gasteiger partial charge in [-0.1, -0.05) is 18.2 Å². The number of methoxy groups -OCH3 is 1. The Labute approximate surface area is 187 Å². The van der Waals surface area contributed by atoms with E-state index in [2.05, 4.69) is 20.4 Å². The van der Waals surface area contributed by atoms with Gasteiger partial charge in [-0.2, -0.15) is 18.3 Å². The summed E-state index contributed by atoms with van der Waals surface area (Å²) in [7, 11) is 1.58. The smallest absolute Gasteiger partial charge is 0.416 e. The van der Waals surface area contributed by atoms with Crippen LogP contribution < -0.4 is 10.1 Å². The van der Waals surface area contributed by atoms with Gasteiger partial charge in [0.1, 0.15) is 11.6 Å². The summed E-state index contributed by atoms with van der Waals surface area (Å²) in [5.41, 5.74) is 1.85. The maximum absolute atomic E-state index is 13.6. The summed E-state index contributed by atoms with van der Waals surface area (Å²) in [4.78, 5) is 8.88. The highest BCUT2D eigenvalue weighted by Gasteiger charge is 2.37. The lowest BCUT2D eigenvalue weighted by Gasteiger charge is -2.26. The molecule has 10 heteroatoms. The van der Waals surface area contributed by atoms with E-state index < -0.39 is 17.8 Å². The number of halogens is 3. The van der Waals surface area contributed by atoms with E-state index in [-0.39, 0.29) is 5.56 Å². The molecule has 0 bridgehead atoms. The number of ether oxygens (including phenoxy) is 1. The van der Waals surface area contributed by atoms with Crippen LogP contribution in [-0.2, 0) is 12.7 Å². The van der Waals surface area contributed by atoms with Gasteiger partial charge in [-0.3, -0.25) is 0 Å². The van der Waals surface area contributed by atoms with E-state index in [1.165, 1.54) is 12.1 Å². The van der Waals surface area contributed by atoms with E-state index in [9.17, 15) is 13.2 Å². The van der Waals surface area contributed by atoms with Crippen LogP contribution in [0.4, 0.5) is 13.2 Å². The summed E-state index contributed by atoms with van der Waals surface area (Å²) in [5.74, 6) is 1.48. The molecule has 0 amide bonds. The first-order valence-electron chi connectivity index (χ1n) is 10.4.